The number of amides is 1. The first-order valence-corrected chi connectivity index (χ1v) is 6.48. The molecule has 0 fully saturated rings. The predicted molar refractivity (Wildman–Crippen MR) is 65.3 cm³/mol. The van der Waals surface area contributed by atoms with E-state index in [2.05, 4.69) is 23.8 Å². The second kappa shape index (κ2) is 10.3. The van der Waals surface area contributed by atoms with E-state index in [1.165, 1.54) is 0 Å². The van der Waals surface area contributed by atoms with Gasteiger partial charge in [-0.05, 0) is 12.7 Å². The van der Waals surface area contributed by atoms with Gasteiger partial charge in [0.05, 0.1) is 6.54 Å². The standard InChI is InChI=1S/C10H22N2O2S/c1-9(15-3)7-11-8-10(13)12-5-4-6-14-2/h9,11H,4-8H2,1-3H3,(H,12,13). The Morgan fingerprint density at radius 2 is 2.27 bits per heavy atom. The summed E-state index contributed by atoms with van der Waals surface area (Å²) < 4.78 is 4.88. The quantitative estimate of drug-likeness (QED) is 0.570. The number of nitrogens with one attached hydrogen (secondary N) is 2. The summed E-state index contributed by atoms with van der Waals surface area (Å²) in [6.45, 7) is 4.78. The number of carbonyl (C=O) groups excluding carboxylic acids is 1. The van der Waals surface area contributed by atoms with E-state index >= 15 is 0 Å². The summed E-state index contributed by atoms with van der Waals surface area (Å²) in [5.41, 5.74) is 0. The van der Waals surface area contributed by atoms with Crippen LogP contribution in [-0.4, -0.2) is 50.8 Å². The molecule has 4 nitrogen and oxygen atoms in total. The zero-order chi connectivity index (χ0) is 11.5. The third-order valence-electron chi connectivity index (χ3n) is 1.97. The van der Waals surface area contributed by atoms with Crippen molar-refractivity contribution in [3.05, 3.63) is 0 Å². The number of hydrogen-bond acceptors (Lipinski definition) is 4. The molecule has 2 N–H and O–H groups in total. The van der Waals surface area contributed by atoms with Crippen LogP contribution in [0.5, 0.6) is 0 Å². The Balaban J connectivity index is 3.26. The van der Waals surface area contributed by atoms with Gasteiger partial charge < -0.3 is 15.4 Å². The highest BCUT2D eigenvalue weighted by Gasteiger charge is 2.02. The molecule has 0 saturated heterocycles. The third-order valence-corrected chi connectivity index (χ3v) is 2.94. The molecule has 5 heteroatoms. The van der Waals surface area contributed by atoms with Gasteiger partial charge in [-0.15, -0.1) is 0 Å². The maximum Gasteiger partial charge on any atom is 0.233 e. The number of ether oxygens (including phenoxy) is 1. The third kappa shape index (κ3) is 10.0. The zero-order valence-corrected chi connectivity index (χ0v) is 10.7. The van der Waals surface area contributed by atoms with Crippen molar-refractivity contribution in [1.82, 2.24) is 10.6 Å². The van der Waals surface area contributed by atoms with Crippen molar-refractivity contribution in [3.8, 4) is 0 Å². The second-order valence-electron chi connectivity index (χ2n) is 3.37. The molecular formula is C10H22N2O2S. The molecule has 0 aromatic heterocycles. The van der Waals surface area contributed by atoms with Crippen LogP contribution in [0.1, 0.15) is 13.3 Å². The van der Waals surface area contributed by atoms with E-state index in [4.69, 9.17) is 4.74 Å². The van der Waals surface area contributed by atoms with Crippen LogP contribution in [0, 0.1) is 0 Å². The molecule has 0 radical (unpaired) electrons. The van der Waals surface area contributed by atoms with Crippen LogP contribution in [0.4, 0.5) is 0 Å². The molecule has 1 amide bonds. The van der Waals surface area contributed by atoms with Crippen LogP contribution in [0.15, 0.2) is 0 Å². The van der Waals surface area contributed by atoms with Crippen molar-refractivity contribution in [2.24, 2.45) is 0 Å². The molecule has 0 rings (SSSR count). The Labute approximate surface area is 96.5 Å². The minimum absolute atomic E-state index is 0.0550. The van der Waals surface area contributed by atoms with Crippen molar-refractivity contribution in [2.45, 2.75) is 18.6 Å². The van der Waals surface area contributed by atoms with E-state index in [-0.39, 0.29) is 5.91 Å². The van der Waals surface area contributed by atoms with Crippen LogP contribution in [0.2, 0.25) is 0 Å². The Bertz CT molecular complexity index is 168. The van der Waals surface area contributed by atoms with E-state index in [1.807, 2.05) is 0 Å². The number of rotatable bonds is 9. The molecule has 0 aliphatic rings. The first-order chi connectivity index (χ1) is 7.20. The normalized spacial score (nSPS) is 12.5. The SMILES string of the molecule is COCCCNC(=O)CNCC(C)SC. The average molecular weight is 234 g/mol. The topological polar surface area (TPSA) is 50.4 Å². The summed E-state index contributed by atoms with van der Waals surface area (Å²) in [6, 6.07) is 0. The molecule has 0 aliphatic heterocycles. The Morgan fingerprint density at radius 3 is 2.87 bits per heavy atom. The smallest absolute Gasteiger partial charge is 0.233 e. The van der Waals surface area contributed by atoms with E-state index in [9.17, 15) is 4.79 Å². The highest BCUT2D eigenvalue weighted by Crippen LogP contribution is 2.01. The van der Waals surface area contributed by atoms with Crippen LogP contribution in [0.25, 0.3) is 0 Å². The summed E-state index contributed by atoms with van der Waals surface area (Å²) in [4.78, 5) is 11.3. The Kier molecular flexibility index (Phi) is 10.1. The van der Waals surface area contributed by atoms with Crippen LogP contribution in [0.3, 0.4) is 0 Å². The van der Waals surface area contributed by atoms with Gasteiger partial charge in [0.25, 0.3) is 0 Å². The van der Waals surface area contributed by atoms with Crippen molar-refractivity contribution in [1.29, 1.82) is 0 Å². The molecule has 0 heterocycles. The summed E-state index contributed by atoms with van der Waals surface area (Å²) in [7, 11) is 1.66. The van der Waals surface area contributed by atoms with Gasteiger partial charge in [0.15, 0.2) is 0 Å². The molecule has 0 bridgehead atoms. The lowest BCUT2D eigenvalue weighted by Gasteiger charge is -2.09. The molecule has 90 valence electrons. The Hall–Kier alpha value is -0.260. The van der Waals surface area contributed by atoms with Crippen molar-refractivity contribution >= 4 is 17.7 Å². The molecule has 0 aromatic rings. The van der Waals surface area contributed by atoms with E-state index in [0.29, 0.717) is 24.9 Å². The first kappa shape index (κ1) is 14.7. The van der Waals surface area contributed by atoms with Gasteiger partial charge in [0.2, 0.25) is 5.91 Å². The van der Waals surface area contributed by atoms with Gasteiger partial charge in [-0.1, -0.05) is 6.92 Å². The molecule has 1 atom stereocenters. The van der Waals surface area contributed by atoms with Crippen molar-refractivity contribution in [2.75, 3.05) is 39.6 Å². The zero-order valence-electron chi connectivity index (χ0n) is 9.84. The number of thioether (sulfide) groups is 1. The van der Waals surface area contributed by atoms with Gasteiger partial charge in [-0.2, -0.15) is 11.8 Å². The molecule has 0 saturated carbocycles. The largest absolute Gasteiger partial charge is 0.385 e. The highest BCUT2D eigenvalue weighted by atomic mass is 32.2. The lowest BCUT2D eigenvalue weighted by molar-refractivity contribution is -0.120. The number of hydrogen-bond donors (Lipinski definition) is 2. The molecule has 0 aliphatic carbocycles. The predicted octanol–water partition coefficient (Wildman–Crippen LogP) is 0.480. The molecule has 0 spiro atoms. The summed E-state index contributed by atoms with van der Waals surface area (Å²) in [6.07, 6.45) is 2.93. The Morgan fingerprint density at radius 1 is 1.53 bits per heavy atom. The minimum atomic E-state index is 0.0550. The van der Waals surface area contributed by atoms with Crippen LogP contribution < -0.4 is 10.6 Å². The monoisotopic (exact) mass is 234 g/mol. The van der Waals surface area contributed by atoms with Gasteiger partial charge >= 0.3 is 0 Å². The maximum absolute atomic E-state index is 11.3. The summed E-state index contributed by atoms with van der Waals surface area (Å²) >= 11 is 1.79. The number of methoxy groups -OCH3 is 1. The molecule has 15 heavy (non-hydrogen) atoms. The van der Waals surface area contributed by atoms with Crippen molar-refractivity contribution in [3.63, 3.8) is 0 Å². The number of carbonyl (C=O) groups is 1. The molecular weight excluding hydrogens is 212 g/mol. The second-order valence-corrected chi connectivity index (χ2v) is 4.65. The first-order valence-electron chi connectivity index (χ1n) is 5.19. The van der Waals surface area contributed by atoms with E-state index < -0.39 is 0 Å². The fourth-order valence-corrected chi connectivity index (χ4v) is 1.26. The van der Waals surface area contributed by atoms with Crippen LogP contribution in [-0.2, 0) is 9.53 Å². The highest BCUT2D eigenvalue weighted by molar-refractivity contribution is 7.99. The maximum atomic E-state index is 11.3. The summed E-state index contributed by atoms with van der Waals surface area (Å²) in [5, 5.41) is 6.48. The van der Waals surface area contributed by atoms with Gasteiger partial charge in [-0.25, -0.2) is 0 Å². The van der Waals surface area contributed by atoms with Crippen molar-refractivity contribution < 1.29 is 9.53 Å². The fraction of sp³-hybridized carbons (Fsp3) is 0.900. The van der Waals surface area contributed by atoms with Gasteiger partial charge in [-0.3, -0.25) is 4.79 Å². The summed E-state index contributed by atoms with van der Waals surface area (Å²) in [5.74, 6) is 0.0550. The van der Waals surface area contributed by atoms with Gasteiger partial charge in [0, 0.05) is 32.1 Å². The fourth-order valence-electron chi connectivity index (χ4n) is 0.979. The molecule has 1 unspecified atom stereocenters. The minimum Gasteiger partial charge on any atom is -0.385 e. The van der Waals surface area contributed by atoms with Crippen LogP contribution >= 0.6 is 11.8 Å². The average Bonchev–Trinajstić information content (AvgIpc) is 2.24. The van der Waals surface area contributed by atoms with Gasteiger partial charge in [0.1, 0.15) is 0 Å². The lowest BCUT2D eigenvalue weighted by Crippen LogP contribution is -2.36. The molecule has 0 aromatic carbocycles. The lowest BCUT2D eigenvalue weighted by atomic mass is 10.4. The van der Waals surface area contributed by atoms with E-state index in [0.717, 1.165) is 13.0 Å². The van der Waals surface area contributed by atoms with E-state index in [1.54, 1.807) is 18.9 Å².